The average Bonchev–Trinajstić information content (AvgIpc) is 2.38. The number of rotatable bonds is 6. The van der Waals surface area contributed by atoms with Gasteiger partial charge < -0.3 is 26.0 Å². The predicted octanol–water partition coefficient (Wildman–Crippen LogP) is 0.0370. The van der Waals surface area contributed by atoms with Crippen LogP contribution in [0.4, 0.5) is 0 Å². The molecule has 7 nitrogen and oxygen atoms in total. The highest BCUT2D eigenvalue weighted by atomic mass is 16.5. The Morgan fingerprint density at radius 2 is 2.00 bits per heavy atom. The van der Waals surface area contributed by atoms with Gasteiger partial charge in [-0.15, -0.1) is 0 Å². The van der Waals surface area contributed by atoms with Gasteiger partial charge in [-0.2, -0.15) is 0 Å². The third-order valence-electron chi connectivity index (χ3n) is 2.79. The summed E-state index contributed by atoms with van der Waals surface area (Å²) < 4.78 is 4.99. The maximum absolute atomic E-state index is 11.9. The molecule has 0 aliphatic carbocycles. The first kappa shape index (κ1) is 16.8. The normalized spacial score (nSPS) is 13.3. The number of hydrogen-bond acceptors (Lipinski definition) is 6. The van der Waals surface area contributed by atoms with Gasteiger partial charge in [-0.25, -0.2) is 0 Å². The topological polar surface area (TPSA) is 122 Å². The second kappa shape index (κ2) is 6.94. The van der Waals surface area contributed by atoms with Crippen molar-refractivity contribution in [1.29, 1.82) is 0 Å². The van der Waals surface area contributed by atoms with Crippen molar-refractivity contribution in [2.24, 2.45) is 5.73 Å². The van der Waals surface area contributed by atoms with Crippen molar-refractivity contribution in [1.82, 2.24) is 5.32 Å². The molecular formula is C14H20N2O5. The number of phenols is 2. The standard InChI is InChI=1S/C14H20N2O5/c1-9(17)16-5-6-21-13(20)14(2,15)8-10-3-4-11(18)12(19)7-10/h3-4,7,18-19H,5-6,8,15H2,1-2H3,(H,16,17). The molecule has 1 aromatic carbocycles. The summed E-state index contributed by atoms with van der Waals surface area (Å²) in [6, 6.07) is 4.22. The summed E-state index contributed by atoms with van der Waals surface area (Å²) >= 11 is 0. The number of nitrogens with two attached hydrogens (primary N) is 1. The van der Waals surface area contributed by atoms with E-state index >= 15 is 0 Å². The zero-order chi connectivity index (χ0) is 16.0. The molecule has 116 valence electrons. The lowest BCUT2D eigenvalue weighted by molar-refractivity contribution is -0.149. The largest absolute Gasteiger partial charge is 0.504 e. The van der Waals surface area contributed by atoms with Gasteiger partial charge in [-0.05, 0) is 24.6 Å². The van der Waals surface area contributed by atoms with Gasteiger partial charge in [0, 0.05) is 13.3 Å². The fourth-order valence-electron chi connectivity index (χ4n) is 1.71. The fourth-order valence-corrected chi connectivity index (χ4v) is 1.71. The molecule has 0 bridgehead atoms. The van der Waals surface area contributed by atoms with E-state index in [1.54, 1.807) is 6.07 Å². The molecule has 0 radical (unpaired) electrons. The van der Waals surface area contributed by atoms with Crippen LogP contribution in [-0.2, 0) is 20.7 Å². The number of ether oxygens (including phenoxy) is 1. The second-order valence-corrected chi connectivity index (χ2v) is 5.04. The highest BCUT2D eigenvalue weighted by molar-refractivity contribution is 5.80. The molecule has 7 heteroatoms. The van der Waals surface area contributed by atoms with Crippen LogP contribution >= 0.6 is 0 Å². The summed E-state index contributed by atoms with van der Waals surface area (Å²) in [7, 11) is 0. The molecule has 0 spiro atoms. The van der Waals surface area contributed by atoms with Crippen LogP contribution in [0.5, 0.6) is 11.5 Å². The monoisotopic (exact) mass is 296 g/mol. The lowest BCUT2D eigenvalue weighted by atomic mass is 9.94. The van der Waals surface area contributed by atoms with E-state index < -0.39 is 11.5 Å². The summed E-state index contributed by atoms with van der Waals surface area (Å²) in [5.74, 6) is -1.33. The van der Waals surface area contributed by atoms with Crippen molar-refractivity contribution >= 4 is 11.9 Å². The molecule has 5 N–H and O–H groups in total. The van der Waals surface area contributed by atoms with Crippen LogP contribution in [0.3, 0.4) is 0 Å². The van der Waals surface area contributed by atoms with Gasteiger partial charge in [0.1, 0.15) is 12.1 Å². The molecule has 0 aliphatic heterocycles. The molecule has 1 atom stereocenters. The number of benzene rings is 1. The Balaban J connectivity index is 2.56. The van der Waals surface area contributed by atoms with Crippen molar-refractivity contribution < 1.29 is 24.5 Å². The predicted molar refractivity (Wildman–Crippen MR) is 75.7 cm³/mol. The molecule has 0 aromatic heterocycles. The van der Waals surface area contributed by atoms with Crippen LogP contribution in [0.1, 0.15) is 19.4 Å². The van der Waals surface area contributed by atoms with E-state index in [0.29, 0.717) is 5.56 Å². The van der Waals surface area contributed by atoms with Gasteiger partial charge in [-0.1, -0.05) is 6.07 Å². The number of phenolic OH excluding ortho intramolecular Hbond substituents is 2. The molecular weight excluding hydrogens is 276 g/mol. The van der Waals surface area contributed by atoms with Crippen molar-refractivity contribution in [2.75, 3.05) is 13.2 Å². The first-order valence-corrected chi connectivity index (χ1v) is 6.44. The van der Waals surface area contributed by atoms with Crippen LogP contribution in [0.15, 0.2) is 18.2 Å². The van der Waals surface area contributed by atoms with E-state index in [2.05, 4.69) is 5.32 Å². The lowest BCUT2D eigenvalue weighted by Crippen LogP contribution is -2.48. The summed E-state index contributed by atoms with van der Waals surface area (Å²) in [5, 5.41) is 21.1. The van der Waals surface area contributed by atoms with Crippen molar-refractivity contribution in [3.63, 3.8) is 0 Å². The van der Waals surface area contributed by atoms with Crippen molar-refractivity contribution in [3.8, 4) is 11.5 Å². The molecule has 0 fully saturated rings. The number of carbonyl (C=O) groups excluding carboxylic acids is 2. The molecule has 21 heavy (non-hydrogen) atoms. The zero-order valence-corrected chi connectivity index (χ0v) is 12.0. The molecule has 1 unspecified atom stereocenters. The number of esters is 1. The summed E-state index contributed by atoms with van der Waals surface area (Å²) in [6.07, 6.45) is 0.139. The molecule has 0 saturated heterocycles. The van der Waals surface area contributed by atoms with E-state index in [1.165, 1.54) is 26.0 Å². The van der Waals surface area contributed by atoms with Gasteiger partial charge in [0.2, 0.25) is 5.91 Å². The van der Waals surface area contributed by atoms with Crippen molar-refractivity contribution in [3.05, 3.63) is 23.8 Å². The third-order valence-corrected chi connectivity index (χ3v) is 2.79. The number of carbonyl (C=O) groups is 2. The fraction of sp³-hybridized carbons (Fsp3) is 0.429. The molecule has 0 saturated carbocycles. The van der Waals surface area contributed by atoms with E-state index in [0.717, 1.165) is 0 Å². The number of amides is 1. The SMILES string of the molecule is CC(=O)NCCOC(=O)C(C)(N)Cc1ccc(O)c(O)c1. The van der Waals surface area contributed by atoms with Gasteiger partial charge in [0.05, 0.1) is 6.54 Å². The molecule has 1 amide bonds. The van der Waals surface area contributed by atoms with Gasteiger partial charge in [0.15, 0.2) is 11.5 Å². The van der Waals surface area contributed by atoms with Gasteiger partial charge in [-0.3, -0.25) is 9.59 Å². The quantitative estimate of drug-likeness (QED) is 0.334. The Labute approximate surface area is 122 Å². The Morgan fingerprint density at radius 3 is 2.57 bits per heavy atom. The number of nitrogens with one attached hydrogen (secondary N) is 1. The first-order chi connectivity index (χ1) is 9.72. The molecule has 0 aliphatic rings. The van der Waals surface area contributed by atoms with E-state index in [-0.39, 0.29) is 37.0 Å². The van der Waals surface area contributed by atoms with Gasteiger partial charge >= 0.3 is 5.97 Å². The Kier molecular flexibility index (Phi) is 5.54. The minimum Gasteiger partial charge on any atom is -0.504 e. The molecule has 1 rings (SSSR count). The minimum absolute atomic E-state index is 0.0338. The minimum atomic E-state index is -1.28. The van der Waals surface area contributed by atoms with E-state index in [9.17, 15) is 19.8 Å². The van der Waals surface area contributed by atoms with Gasteiger partial charge in [0.25, 0.3) is 0 Å². The number of aromatic hydroxyl groups is 2. The Morgan fingerprint density at radius 1 is 1.33 bits per heavy atom. The second-order valence-electron chi connectivity index (χ2n) is 5.04. The van der Waals surface area contributed by atoms with Crippen molar-refractivity contribution in [2.45, 2.75) is 25.8 Å². The van der Waals surface area contributed by atoms with Crippen LogP contribution in [0.25, 0.3) is 0 Å². The van der Waals surface area contributed by atoms with Crippen LogP contribution in [-0.4, -0.2) is 40.8 Å². The lowest BCUT2D eigenvalue weighted by Gasteiger charge is -2.22. The Bertz CT molecular complexity index is 528. The average molecular weight is 296 g/mol. The maximum Gasteiger partial charge on any atom is 0.326 e. The first-order valence-electron chi connectivity index (χ1n) is 6.44. The number of hydrogen-bond donors (Lipinski definition) is 4. The van der Waals surface area contributed by atoms with Crippen LogP contribution in [0.2, 0.25) is 0 Å². The Hall–Kier alpha value is -2.28. The highest BCUT2D eigenvalue weighted by Crippen LogP contribution is 2.26. The summed E-state index contributed by atoms with van der Waals surface area (Å²) in [6.45, 7) is 3.13. The zero-order valence-electron chi connectivity index (χ0n) is 12.0. The molecule has 1 aromatic rings. The smallest absolute Gasteiger partial charge is 0.326 e. The highest BCUT2D eigenvalue weighted by Gasteiger charge is 2.30. The molecule has 0 heterocycles. The van der Waals surface area contributed by atoms with Crippen LogP contribution in [0, 0.1) is 0 Å². The van der Waals surface area contributed by atoms with Crippen LogP contribution < -0.4 is 11.1 Å². The third kappa shape index (κ3) is 5.31. The maximum atomic E-state index is 11.9. The van der Waals surface area contributed by atoms with E-state index in [4.69, 9.17) is 10.5 Å². The summed E-state index contributed by atoms with van der Waals surface area (Å²) in [5.41, 5.74) is 5.23. The van der Waals surface area contributed by atoms with E-state index in [1.807, 2.05) is 0 Å². The summed E-state index contributed by atoms with van der Waals surface area (Å²) in [4.78, 5) is 22.6.